The van der Waals surface area contributed by atoms with Crippen molar-refractivity contribution < 1.29 is 23.8 Å². The Morgan fingerprint density at radius 2 is 0.703 bits per heavy atom. The predicted octanol–water partition coefficient (Wildman–Crippen LogP) is 19.1. The minimum atomic E-state index is -0.569. The van der Waals surface area contributed by atoms with Crippen LogP contribution < -0.4 is 0 Å². The van der Waals surface area contributed by atoms with Crippen LogP contribution in [0.25, 0.3) is 0 Å². The maximum atomic E-state index is 12.8. The molecular formula is C59H108O5. The van der Waals surface area contributed by atoms with Gasteiger partial charge in [0.25, 0.3) is 0 Å². The van der Waals surface area contributed by atoms with Crippen LogP contribution in [0.5, 0.6) is 0 Å². The van der Waals surface area contributed by atoms with E-state index in [2.05, 4.69) is 63.3 Å². The molecule has 0 N–H and O–H groups in total. The summed E-state index contributed by atoms with van der Waals surface area (Å²) in [6.45, 7) is 7.69. The lowest BCUT2D eigenvalue weighted by atomic mass is 10.0. The molecule has 0 aliphatic rings. The third-order valence-electron chi connectivity index (χ3n) is 12.4. The molecule has 0 saturated heterocycles. The molecule has 1 unspecified atom stereocenters. The van der Waals surface area contributed by atoms with E-state index in [1.807, 2.05) is 6.08 Å². The maximum absolute atomic E-state index is 12.8. The van der Waals surface area contributed by atoms with Crippen LogP contribution in [0.1, 0.15) is 290 Å². The van der Waals surface area contributed by atoms with Crippen LogP contribution >= 0.6 is 0 Å². The fourth-order valence-corrected chi connectivity index (χ4v) is 8.23. The second-order valence-corrected chi connectivity index (χ2v) is 18.8. The van der Waals surface area contributed by atoms with Gasteiger partial charge in [-0.3, -0.25) is 9.59 Å². The summed E-state index contributed by atoms with van der Waals surface area (Å²) in [4.78, 5) is 25.4. The van der Waals surface area contributed by atoms with E-state index in [1.165, 1.54) is 199 Å². The van der Waals surface area contributed by atoms with Crippen LogP contribution in [-0.4, -0.2) is 37.9 Å². The molecule has 0 heterocycles. The molecule has 374 valence electrons. The number of hydrogen-bond acceptors (Lipinski definition) is 5. The highest BCUT2D eigenvalue weighted by molar-refractivity contribution is 5.70. The molecule has 5 heteroatoms. The zero-order valence-electron chi connectivity index (χ0n) is 43.1. The van der Waals surface area contributed by atoms with E-state index in [0.717, 1.165) is 51.4 Å². The molecule has 0 amide bonds. The summed E-state index contributed by atoms with van der Waals surface area (Å²) in [5.74, 6) is -0.473. The third-order valence-corrected chi connectivity index (χ3v) is 12.4. The Balaban J connectivity index is 4.25. The van der Waals surface area contributed by atoms with Crippen LogP contribution in [0.2, 0.25) is 0 Å². The van der Waals surface area contributed by atoms with Gasteiger partial charge in [-0.1, -0.05) is 281 Å². The molecular weight excluding hydrogens is 789 g/mol. The SMILES string of the molecule is CC/C=C\C/C=C\C/C=C\C/C=C\CCC(=O)OC(COCCCCCCCCCCCCCCCCCC)COC(=O)CCCCCCCCCCCCCCCCCCCCC. The first-order valence-electron chi connectivity index (χ1n) is 28.2. The van der Waals surface area contributed by atoms with E-state index in [0.29, 0.717) is 25.9 Å². The number of rotatable bonds is 52. The zero-order chi connectivity index (χ0) is 46.3. The molecule has 0 aromatic heterocycles. The third kappa shape index (κ3) is 52.5. The van der Waals surface area contributed by atoms with E-state index < -0.39 is 6.10 Å². The monoisotopic (exact) mass is 897 g/mol. The van der Waals surface area contributed by atoms with Crippen LogP contribution in [0.15, 0.2) is 48.6 Å². The maximum Gasteiger partial charge on any atom is 0.306 e. The van der Waals surface area contributed by atoms with E-state index in [1.54, 1.807) is 0 Å². The van der Waals surface area contributed by atoms with E-state index in [4.69, 9.17) is 14.2 Å². The second-order valence-electron chi connectivity index (χ2n) is 18.8. The average Bonchev–Trinajstić information content (AvgIpc) is 3.30. The highest BCUT2D eigenvalue weighted by Gasteiger charge is 2.17. The van der Waals surface area contributed by atoms with Gasteiger partial charge in [-0.15, -0.1) is 0 Å². The van der Waals surface area contributed by atoms with Gasteiger partial charge < -0.3 is 14.2 Å². The largest absolute Gasteiger partial charge is 0.462 e. The Morgan fingerprint density at radius 3 is 1.09 bits per heavy atom. The standard InChI is InChI=1S/C59H108O5/c1-4-7-10-13-16-19-22-25-27-29-30-31-32-35-37-40-43-46-49-52-58(60)63-56-57(64-59(61)53-50-47-44-41-38-34-24-21-18-15-12-9-6-3)55-62-54-51-48-45-42-39-36-33-28-26-23-20-17-14-11-8-5-2/h9,12,18,21,34,38,44,47,57H,4-8,10-11,13-17,19-20,22-33,35-37,39-43,45-46,48-56H2,1-3H3/b12-9-,21-18-,38-34-,47-44-. The van der Waals surface area contributed by atoms with Gasteiger partial charge in [-0.05, 0) is 44.9 Å². The Bertz CT molecular complexity index is 1060. The summed E-state index contributed by atoms with van der Waals surface area (Å²) in [6.07, 6.45) is 68.6. The van der Waals surface area contributed by atoms with Gasteiger partial charge in [-0.2, -0.15) is 0 Å². The van der Waals surface area contributed by atoms with Crippen molar-refractivity contribution in [2.75, 3.05) is 19.8 Å². The first-order chi connectivity index (χ1) is 31.6. The smallest absolute Gasteiger partial charge is 0.306 e. The summed E-state index contributed by atoms with van der Waals surface area (Å²) in [6, 6.07) is 0. The van der Waals surface area contributed by atoms with Gasteiger partial charge in [0.15, 0.2) is 6.10 Å². The summed E-state index contributed by atoms with van der Waals surface area (Å²) in [7, 11) is 0. The van der Waals surface area contributed by atoms with Crippen molar-refractivity contribution in [3.05, 3.63) is 48.6 Å². The normalized spacial score (nSPS) is 12.5. The number of allylic oxidation sites excluding steroid dienone is 8. The highest BCUT2D eigenvalue weighted by Crippen LogP contribution is 2.17. The fraction of sp³-hybridized carbons (Fsp3) is 0.831. The molecule has 64 heavy (non-hydrogen) atoms. The molecule has 0 radical (unpaired) electrons. The summed E-state index contributed by atoms with van der Waals surface area (Å²) >= 11 is 0. The first kappa shape index (κ1) is 61.9. The Morgan fingerprint density at radius 1 is 0.359 bits per heavy atom. The average molecular weight is 898 g/mol. The first-order valence-corrected chi connectivity index (χ1v) is 28.2. The molecule has 0 aromatic carbocycles. The lowest BCUT2D eigenvalue weighted by Gasteiger charge is -2.18. The number of hydrogen-bond donors (Lipinski definition) is 0. The topological polar surface area (TPSA) is 61.8 Å². The summed E-state index contributed by atoms with van der Waals surface area (Å²) in [5.41, 5.74) is 0. The minimum Gasteiger partial charge on any atom is -0.462 e. The lowest BCUT2D eigenvalue weighted by molar-refractivity contribution is -0.162. The van der Waals surface area contributed by atoms with Crippen molar-refractivity contribution in [1.82, 2.24) is 0 Å². The molecule has 0 bridgehead atoms. The molecule has 0 spiro atoms. The molecule has 0 rings (SSSR count). The lowest BCUT2D eigenvalue weighted by Crippen LogP contribution is -2.30. The van der Waals surface area contributed by atoms with Crippen molar-refractivity contribution in [3.8, 4) is 0 Å². The molecule has 0 fully saturated rings. The van der Waals surface area contributed by atoms with Gasteiger partial charge in [-0.25, -0.2) is 0 Å². The number of carbonyl (C=O) groups is 2. The molecule has 5 nitrogen and oxygen atoms in total. The number of ether oxygens (including phenoxy) is 3. The molecule has 0 aliphatic heterocycles. The number of esters is 2. The van der Waals surface area contributed by atoms with Crippen LogP contribution in [0, 0.1) is 0 Å². The molecule has 0 aromatic rings. The number of unbranched alkanes of at least 4 members (excludes halogenated alkanes) is 33. The van der Waals surface area contributed by atoms with Crippen LogP contribution in [0.4, 0.5) is 0 Å². The van der Waals surface area contributed by atoms with E-state index in [9.17, 15) is 9.59 Å². The van der Waals surface area contributed by atoms with E-state index in [-0.39, 0.29) is 25.2 Å². The number of carbonyl (C=O) groups excluding carboxylic acids is 2. The Labute approximate surface area is 399 Å². The van der Waals surface area contributed by atoms with Crippen molar-refractivity contribution >= 4 is 11.9 Å². The summed E-state index contributed by atoms with van der Waals surface area (Å²) < 4.78 is 17.4. The van der Waals surface area contributed by atoms with Gasteiger partial charge >= 0.3 is 11.9 Å². The van der Waals surface area contributed by atoms with Gasteiger partial charge in [0.05, 0.1) is 6.61 Å². The van der Waals surface area contributed by atoms with Crippen LogP contribution in [0.3, 0.4) is 0 Å². The van der Waals surface area contributed by atoms with Gasteiger partial charge in [0.2, 0.25) is 0 Å². The van der Waals surface area contributed by atoms with Crippen molar-refractivity contribution in [3.63, 3.8) is 0 Å². The van der Waals surface area contributed by atoms with E-state index >= 15 is 0 Å². The highest BCUT2D eigenvalue weighted by atomic mass is 16.6. The molecule has 1 atom stereocenters. The van der Waals surface area contributed by atoms with Crippen molar-refractivity contribution in [1.29, 1.82) is 0 Å². The van der Waals surface area contributed by atoms with Gasteiger partial charge in [0.1, 0.15) is 6.61 Å². The van der Waals surface area contributed by atoms with Crippen molar-refractivity contribution in [2.24, 2.45) is 0 Å². The summed E-state index contributed by atoms with van der Waals surface area (Å²) in [5, 5.41) is 0. The van der Waals surface area contributed by atoms with Crippen LogP contribution in [-0.2, 0) is 23.8 Å². The molecule has 0 saturated carbocycles. The van der Waals surface area contributed by atoms with Gasteiger partial charge in [0, 0.05) is 19.4 Å². The Kier molecular flexibility index (Phi) is 53.3. The predicted molar refractivity (Wildman–Crippen MR) is 279 cm³/mol. The zero-order valence-corrected chi connectivity index (χ0v) is 43.1. The van der Waals surface area contributed by atoms with Crippen molar-refractivity contribution in [2.45, 2.75) is 297 Å². The Hall–Kier alpha value is -2.14. The molecule has 0 aliphatic carbocycles. The minimum absolute atomic E-state index is 0.0621. The fourth-order valence-electron chi connectivity index (χ4n) is 8.23. The second kappa shape index (κ2) is 55.2. The quantitative estimate of drug-likeness (QED) is 0.0346.